The fraction of sp³-hybridized carbons (Fsp3) is 0.320. The Bertz CT molecular complexity index is 1230. The number of carbonyl (C=O) groups excluding carboxylic acids is 1. The van der Waals surface area contributed by atoms with E-state index < -0.39 is 0 Å². The monoisotopic (exact) mass is 508 g/mol. The van der Waals surface area contributed by atoms with Gasteiger partial charge in [-0.2, -0.15) is 4.98 Å². The lowest BCUT2D eigenvalue weighted by Crippen LogP contribution is -2.36. The minimum absolute atomic E-state index is 0.0716. The molecule has 2 heterocycles. The van der Waals surface area contributed by atoms with Gasteiger partial charge < -0.3 is 5.32 Å². The van der Waals surface area contributed by atoms with E-state index in [-0.39, 0.29) is 17.2 Å². The van der Waals surface area contributed by atoms with Gasteiger partial charge in [-0.25, -0.2) is 4.68 Å². The Morgan fingerprint density at radius 1 is 1.16 bits per heavy atom. The van der Waals surface area contributed by atoms with Crippen molar-refractivity contribution < 1.29 is 4.79 Å². The van der Waals surface area contributed by atoms with Crippen LogP contribution < -0.4 is 5.32 Å². The number of nitrogens with zero attached hydrogens (tertiary/aromatic N) is 3. The van der Waals surface area contributed by atoms with Gasteiger partial charge in [-0.1, -0.05) is 77.9 Å². The first-order chi connectivity index (χ1) is 15.3. The van der Waals surface area contributed by atoms with Gasteiger partial charge >= 0.3 is 0 Å². The highest BCUT2D eigenvalue weighted by atomic mass is 79.9. The topological polar surface area (TPSA) is 59.8 Å². The molecule has 0 spiro atoms. The lowest BCUT2D eigenvalue weighted by Gasteiger charge is -2.38. The van der Waals surface area contributed by atoms with Crippen LogP contribution in [0.4, 0.5) is 5.95 Å². The Morgan fingerprint density at radius 3 is 2.66 bits per heavy atom. The number of Topliss-reactive ketones (excluding diaryl/α,β-unsaturated/α-hetero) is 1. The van der Waals surface area contributed by atoms with E-state index in [0.29, 0.717) is 17.5 Å². The third-order valence-corrected chi connectivity index (χ3v) is 7.53. The van der Waals surface area contributed by atoms with Crippen molar-refractivity contribution in [1.29, 1.82) is 0 Å². The largest absolute Gasteiger partial charge is 0.328 e. The van der Waals surface area contributed by atoms with Crippen LogP contribution in [0.25, 0.3) is 0 Å². The summed E-state index contributed by atoms with van der Waals surface area (Å²) >= 11 is 5.14. The Kier molecular flexibility index (Phi) is 5.50. The van der Waals surface area contributed by atoms with Crippen molar-refractivity contribution in [1.82, 2.24) is 14.8 Å². The normalized spacial score (nSPS) is 19.4. The van der Waals surface area contributed by atoms with Crippen LogP contribution in [-0.2, 0) is 10.5 Å². The Balaban J connectivity index is 1.53. The molecule has 2 aliphatic rings. The van der Waals surface area contributed by atoms with Gasteiger partial charge in [0.2, 0.25) is 11.1 Å². The number of anilines is 1. The number of ketones is 1. The maximum atomic E-state index is 13.3. The SMILES string of the molecule is Cc1ccccc1CSc1nc2n(n1)[C@@H](c1ccc(Br)cc1)C1=C(CC(C)(C)CC1=O)N2. The van der Waals surface area contributed by atoms with E-state index in [0.717, 1.165) is 33.5 Å². The lowest BCUT2D eigenvalue weighted by atomic mass is 9.73. The van der Waals surface area contributed by atoms with Crippen molar-refractivity contribution in [3.05, 3.63) is 81.0 Å². The molecule has 0 unspecified atom stereocenters. The molecule has 3 aromatic rings. The number of allylic oxidation sites excluding steroid dienone is 2. The highest BCUT2D eigenvalue weighted by Crippen LogP contribution is 2.45. The minimum Gasteiger partial charge on any atom is -0.328 e. The highest BCUT2D eigenvalue weighted by molar-refractivity contribution is 9.10. The van der Waals surface area contributed by atoms with Gasteiger partial charge in [-0.3, -0.25) is 4.79 Å². The molecule has 0 fully saturated rings. The molecule has 1 atom stereocenters. The van der Waals surface area contributed by atoms with Crippen LogP contribution in [0.2, 0.25) is 0 Å². The molecule has 1 aliphatic carbocycles. The summed E-state index contributed by atoms with van der Waals surface area (Å²) in [7, 11) is 0. The molecule has 0 radical (unpaired) electrons. The van der Waals surface area contributed by atoms with Gasteiger partial charge in [0.1, 0.15) is 6.04 Å². The molecule has 1 N–H and O–H groups in total. The highest BCUT2D eigenvalue weighted by Gasteiger charge is 2.41. The van der Waals surface area contributed by atoms with Crippen molar-refractivity contribution in [2.24, 2.45) is 5.41 Å². The number of benzene rings is 2. The molecule has 5 nitrogen and oxygen atoms in total. The number of fused-ring (bicyclic) bond motifs is 1. The average molecular weight is 509 g/mol. The molecule has 7 heteroatoms. The Labute approximate surface area is 200 Å². The van der Waals surface area contributed by atoms with Crippen LogP contribution >= 0.6 is 27.7 Å². The predicted molar refractivity (Wildman–Crippen MR) is 132 cm³/mol. The van der Waals surface area contributed by atoms with Gasteiger partial charge in [0.25, 0.3) is 0 Å². The molecular formula is C25H25BrN4OS. The van der Waals surface area contributed by atoms with Crippen molar-refractivity contribution in [3.63, 3.8) is 0 Å². The molecule has 32 heavy (non-hydrogen) atoms. The predicted octanol–water partition coefficient (Wildman–Crippen LogP) is 6.30. The van der Waals surface area contributed by atoms with E-state index in [4.69, 9.17) is 10.1 Å². The third kappa shape index (κ3) is 4.04. The van der Waals surface area contributed by atoms with Crippen LogP contribution in [0.5, 0.6) is 0 Å². The summed E-state index contributed by atoms with van der Waals surface area (Å²) < 4.78 is 2.90. The number of carbonyl (C=O) groups is 1. The maximum Gasteiger partial charge on any atom is 0.227 e. The Hall–Kier alpha value is -2.38. The fourth-order valence-corrected chi connectivity index (χ4v) is 5.69. The van der Waals surface area contributed by atoms with Gasteiger partial charge in [-0.15, -0.1) is 5.10 Å². The summed E-state index contributed by atoms with van der Waals surface area (Å²) in [5, 5.41) is 9.01. The van der Waals surface area contributed by atoms with Crippen LogP contribution in [0.15, 0.2) is 69.4 Å². The quantitative estimate of drug-likeness (QED) is 0.419. The zero-order chi connectivity index (χ0) is 22.5. The molecular weight excluding hydrogens is 484 g/mol. The number of aromatic nitrogens is 3. The second-order valence-corrected chi connectivity index (χ2v) is 11.1. The standard InChI is InChI=1S/C25H25BrN4OS/c1-15-6-4-5-7-17(15)14-32-24-28-23-27-19-12-25(2,3)13-20(31)21(19)22(30(23)29-24)16-8-10-18(26)11-9-16/h4-11,22H,12-14H2,1-3H3,(H,27,28,29)/t22-/m0/s1. The van der Waals surface area contributed by atoms with Crippen molar-refractivity contribution in [2.45, 2.75) is 50.6 Å². The zero-order valence-electron chi connectivity index (χ0n) is 18.4. The number of rotatable bonds is 4. The number of aryl methyl sites for hydroxylation is 1. The van der Waals surface area contributed by atoms with Crippen molar-refractivity contribution >= 4 is 39.4 Å². The molecule has 0 saturated heterocycles. The summed E-state index contributed by atoms with van der Waals surface area (Å²) in [6.07, 6.45) is 1.36. The van der Waals surface area contributed by atoms with Crippen molar-refractivity contribution in [2.75, 3.05) is 5.32 Å². The smallest absolute Gasteiger partial charge is 0.227 e. The third-order valence-electron chi connectivity index (χ3n) is 6.12. The summed E-state index contributed by atoms with van der Waals surface area (Å²) in [5.41, 5.74) is 5.31. The molecule has 2 aromatic carbocycles. The molecule has 1 aromatic heterocycles. The number of halogens is 1. The first-order valence-corrected chi connectivity index (χ1v) is 12.5. The summed E-state index contributed by atoms with van der Waals surface area (Å²) in [5.74, 6) is 1.69. The van der Waals surface area contributed by atoms with E-state index in [1.54, 1.807) is 11.8 Å². The van der Waals surface area contributed by atoms with Gasteiger partial charge in [-0.05, 0) is 47.6 Å². The summed E-state index contributed by atoms with van der Waals surface area (Å²) in [6, 6.07) is 16.3. The van der Waals surface area contributed by atoms with E-state index >= 15 is 0 Å². The first kappa shape index (κ1) is 21.5. The zero-order valence-corrected chi connectivity index (χ0v) is 20.8. The fourth-order valence-electron chi connectivity index (χ4n) is 4.52. The van der Waals surface area contributed by atoms with Crippen LogP contribution in [-0.4, -0.2) is 20.5 Å². The van der Waals surface area contributed by atoms with E-state index in [1.165, 1.54) is 11.1 Å². The average Bonchev–Trinajstić information content (AvgIpc) is 3.14. The Morgan fingerprint density at radius 2 is 1.91 bits per heavy atom. The first-order valence-electron chi connectivity index (χ1n) is 10.7. The number of nitrogens with one attached hydrogen (secondary N) is 1. The van der Waals surface area contributed by atoms with Crippen LogP contribution in [0.3, 0.4) is 0 Å². The molecule has 0 saturated carbocycles. The van der Waals surface area contributed by atoms with Gasteiger partial charge in [0.05, 0.1) is 0 Å². The molecule has 5 rings (SSSR count). The lowest BCUT2D eigenvalue weighted by molar-refractivity contribution is -0.118. The molecule has 0 amide bonds. The number of hydrogen-bond donors (Lipinski definition) is 1. The number of thioether (sulfide) groups is 1. The van der Waals surface area contributed by atoms with Gasteiger partial charge in [0.15, 0.2) is 5.78 Å². The molecule has 1 aliphatic heterocycles. The second kappa shape index (κ2) is 8.19. The van der Waals surface area contributed by atoms with Crippen molar-refractivity contribution in [3.8, 4) is 0 Å². The summed E-state index contributed by atoms with van der Waals surface area (Å²) in [6.45, 7) is 6.42. The van der Waals surface area contributed by atoms with E-state index in [1.807, 2.05) is 16.8 Å². The minimum atomic E-state index is -0.265. The van der Waals surface area contributed by atoms with E-state index in [9.17, 15) is 4.79 Å². The maximum absolute atomic E-state index is 13.3. The second-order valence-electron chi connectivity index (χ2n) is 9.29. The molecule has 164 valence electrons. The van der Waals surface area contributed by atoms with Crippen LogP contribution in [0, 0.1) is 12.3 Å². The van der Waals surface area contributed by atoms with Crippen LogP contribution in [0.1, 0.15) is 49.4 Å². The van der Waals surface area contributed by atoms with E-state index in [2.05, 4.69) is 78.4 Å². The summed E-state index contributed by atoms with van der Waals surface area (Å²) in [4.78, 5) is 18.1. The number of hydrogen-bond acceptors (Lipinski definition) is 5. The van der Waals surface area contributed by atoms with Gasteiger partial charge in [0, 0.05) is 27.9 Å². The molecule has 0 bridgehead atoms.